The maximum Gasteiger partial charge on any atom is 0.339 e. The molecule has 7 nitrogen and oxygen atoms in total. The minimum absolute atomic E-state index is 0.0916. The molecule has 2 aromatic rings. The number of fused-ring (bicyclic) bond motifs is 1. The van der Waals surface area contributed by atoms with E-state index in [0.29, 0.717) is 18.6 Å². The monoisotopic (exact) mass is 364 g/mol. The molecule has 2 rings (SSSR count). The third kappa shape index (κ3) is 3.99. The molecule has 0 aliphatic carbocycles. The Morgan fingerprint density at radius 1 is 1.20 bits per heavy atom. The van der Waals surface area contributed by atoms with Crippen molar-refractivity contribution in [1.29, 1.82) is 0 Å². The molecule has 25 heavy (non-hydrogen) atoms. The molecule has 8 heteroatoms. The number of rotatable bonds is 6. The van der Waals surface area contributed by atoms with Crippen LogP contribution in [0.15, 0.2) is 18.3 Å². The fraction of sp³-hybridized carbons (Fsp3) is 0.412. The number of aromatic nitrogens is 2. The van der Waals surface area contributed by atoms with Crippen LogP contribution in [0.1, 0.15) is 37.0 Å². The fourth-order valence-corrected chi connectivity index (χ4v) is 2.82. The highest BCUT2D eigenvalue weighted by molar-refractivity contribution is 6.30. The number of carbonyl (C=O) groups is 2. The van der Waals surface area contributed by atoms with E-state index in [1.807, 2.05) is 13.8 Å². The molecule has 0 spiro atoms. The van der Waals surface area contributed by atoms with Gasteiger partial charge in [-0.2, -0.15) is 0 Å². The van der Waals surface area contributed by atoms with Crippen molar-refractivity contribution in [2.75, 3.05) is 25.0 Å². The standard InChI is InChI=1S/C17H21ClN4O3/c1-4-8-22(9-5-2)17(25)21(3)15-11(16(23)24)10-19-12-6-7-13(18)20-14(12)15/h6-7,10H,4-5,8-9H2,1-3H3,(H,23,24). The third-order valence-corrected chi connectivity index (χ3v) is 3.97. The number of halogens is 1. The molecule has 2 heterocycles. The lowest BCUT2D eigenvalue weighted by Gasteiger charge is -2.28. The number of anilines is 1. The van der Waals surface area contributed by atoms with Gasteiger partial charge < -0.3 is 10.0 Å². The summed E-state index contributed by atoms with van der Waals surface area (Å²) in [7, 11) is 1.55. The Hall–Kier alpha value is -2.41. The van der Waals surface area contributed by atoms with E-state index in [9.17, 15) is 14.7 Å². The molecule has 2 amide bonds. The van der Waals surface area contributed by atoms with E-state index < -0.39 is 5.97 Å². The summed E-state index contributed by atoms with van der Waals surface area (Å²) in [6.45, 7) is 5.16. The lowest BCUT2D eigenvalue weighted by molar-refractivity contribution is 0.0697. The molecule has 0 bridgehead atoms. The Balaban J connectivity index is 2.60. The normalized spacial score (nSPS) is 10.7. The first-order chi connectivity index (χ1) is 11.9. The summed E-state index contributed by atoms with van der Waals surface area (Å²) < 4.78 is 0. The summed E-state index contributed by atoms with van der Waals surface area (Å²) in [6, 6.07) is 2.94. The van der Waals surface area contributed by atoms with Gasteiger partial charge >= 0.3 is 12.0 Å². The van der Waals surface area contributed by atoms with E-state index in [4.69, 9.17) is 11.6 Å². The van der Waals surface area contributed by atoms with E-state index in [1.54, 1.807) is 24.1 Å². The quantitative estimate of drug-likeness (QED) is 0.790. The number of aromatic carboxylic acids is 1. The van der Waals surface area contributed by atoms with Gasteiger partial charge in [-0.05, 0) is 25.0 Å². The zero-order valence-corrected chi connectivity index (χ0v) is 15.2. The van der Waals surface area contributed by atoms with Gasteiger partial charge in [0.2, 0.25) is 0 Å². The van der Waals surface area contributed by atoms with Crippen LogP contribution in [0.5, 0.6) is 0 Å². The van der Waals surface area contributed by atoms with Crippen LogP contribution in [0.25, 0.3) is 11.0 Å². The van der Waals surface area contributed by atoms with Gasteiger partial charge in [0.05, 0.1) is 11.2 Å². The van der Waals surface area contributed by atoms with Gasteiger partial charge in [0.1, 0.15) is 16.2 Å². The van der Waals surface area contributed by atoms with E-state index >= 15 is 0 Å². The highest BCUT2D eigenvalue weighted by Gasteiger charge is 2.26. The van der Waals surface area contributed by atoms with E-state index in [0.717, 1.165) is 12.8 Å². The molecular formula is C17H21ClN4O3. The molecule has 0 aromatic carbocycles. The van der Waals surface area contributed by atoms with Crippen LogP contribution in [0.2, 0.25) is 5.15 Å². The Morgan fingerprint density at radius 3 is 2.40 bits per heavy atom. The molecule has 0 atom stereocenters. The number of urea groups is 1. The van der Waals surface area contributed by atoms with E-state index in [-0.39, 0.29) is 28.0 Å². The van der Waals surface area contributed by atoms with Gasteiger partial charge in [-0.15, -0.1) is 0 Å². The zero-order chi connectivity index (χ0) is 18.6. The van der Waals surface area contributed by atoms with E-state index in [2.05, 4.69) is 9.97 Å². The zero-order valence-electron chi connectivity index (χ0n) is 14.5. The maximum absolute atomic E-state index is 12.9. The average molecular weight is 365 g/mol. The molecule has 0 aliphatic rings. The lowest BCUT2D eigenvalue weighted by Crippen LogP contribution is -2.42. The van der Waals surface area contributed by atoms with Gasteiger partial charge in [-0.25, -0.2) is 14.6 Å². The van der Waals surface area contributed by atoms with Crippen molar-refractivity contribution >= 4 is 40.3 Å². The van der Waals surface area contributed by atoms with Crippen molar-refractivity contribution in [2.45, 2.75) is 26.7 Å². The number of carboxylic acids is 1. The summed E-state index contributed by atoms with van der Waals surface area (Å²) in [6.07, 6.45) is 2.86. The topological polar surface area (TPSA) is 86.6 Å². The van der Waals surface area contributed by atoms with Gasteiger partial charge in [-0.3, -0.25) is 9.88 Å². The van der Waals surface area contributed by atoms with Crippen LogP contribution in [-0.2, 0) is 0 Å². The highest BCUT2D eigenvalue weighted by atomic mass is 35.5. The smallest absolute Gasteiger partial charge is 0.339 e. The largest absolute Gasteiger partial charge is 0.478 e. The van der Waals surface area contributed by atoms with Crippen LogP contribution in [0.3, 0.4) is 0 Å². The molecule has 0 aliphatic heterocycles. The number of carbonyl (C=O) groups excluding carboxylic acids is 1. The predicted molar refractivity (Wildman–Crippen MR) is 97.5 cm³/mol. The SMILES string of the molecule is CCCN(CCC)C(=O)N(C)c1c(C(=O)O)cnc2ccc(Cl)nc12. The van der Waals surface area contributed by atoms with Gasteiger partial charge in [-0.1, -0.05) is 25.4 Å². The second-order valence-corrected chi connectivity index (χ2v) is 6.04. The molecule has 134 valence electrons. The first-order valence-electron chi connectivity index (χ1n) is 8.11. The third-order valence-electron chi connectivity index (χ3n) is 3.76. The van der Waals surface area contributed by atoms with Gasteiger partial charge in [0, 0.05) is 26.3 Å². The molecule has 2 aromatic heterocycles. The highest BCUT2D eigenvalue weighted by Crippen LogP contribution is 2.29. The number of hydrogen-bond donors (Lipinski definition) is 1. The molecule has 0 saturated heterocycles. The number of carboxylic acid groups (broad SMARTS) is 1. The number of hydrogen-bond acceptors (Lipinski definition) is 4. The number of amides is 2. The molecular weight excluding hydrogens is 344 g/mol. The van der Waals surface area contributed by atoms with Gasteiger partial charge in [0.25, 0.3) is 0 Å². The first-order valence-corrected chi connectivity index (χ1v) is 8.49. The maximum atomic E-state index is 12.9. The Morgan fingerprint density at radius 2 is 1.84 bits per heavy atom. The summed E-state index contributed by atoms with van der Waals surface area (Å²) in [5, 5.41) is 9.72. The Kier molecular flexibility index (Phi) is 6.14. The number of pyridine rings is 2. The molecule has 0 radical (unpaired) electrons. The van der Waals surface area contributed by atoms with Crippen molar-refractivity contribution in [3.63, 3.8) is 0 Å². The van der Waals surface area contributed by atoms with Crippen molar-refractivity contribution in [3.8, 4) is 0 Å². The summed E-state index contributed by atoms with van der Waals surface area (Å²) in [5.74, 6) is -1.18. The fourth-order valence-electron chi connectivity index (χ4n) is 2.68. The second kappa shape index (κ2) is 8.11. The van der Waals surface area contributed by atoms with Crippen LogP contribution >= 0.6 is 11.6 Å². The molecule has 0 fully saturated rings. The minimum atomic E-state index is -1.18. The summed E-state index contributed by atoms with van der Waals surface area (Å²) in [4.78, 5) is 35.9. The second-order valence-electron chi connectivity index (χ2n) is 5.66. The van der Waals surface area contributed by atoms with E-state index in [1.165, 1.54) is 11.1 Å². The van der Waals surface area contributed by atoms with Crippen molar-refractivity contribution in [2.24, 2.45) is 0 Å². The average Bonchev–Trinajstić information content (AvgIpc) is 2.59. The van der Waals surface area contributed by atoms with Crippen LogP contribution in [0, 0.1) is 0 Å². The Bertz CT molecular complexity index is 791. The minimum Gasteiger partial charge on any atom is -0.478 e. The summed E-state index contributed by atoms with van der Waals surface area (Å²) in [5.41, 5.74) is 0.867. The van der Waals surface area contributed by atoms with Crippen LogP contribution in [0.4, 0.5) is 10.5 Å². The molecule has 1 N–H and O–H groups in total. The number of nitrogens with zero attached hydrogens (tertiary/aromatic N) is 4. The first kappa shape index (κ1) is 18.9. The van der Waals surface area contributed by atoms with Crippen molar-refractivity contribution in [3.05, 3.63) is 29.0 Å². The molecule has 0 saturated carbocycles. The Labute approximate surface area is 151 Å². The predicted octanol–water partition coefficient (Wildman–Crippen LogP) is 3.66. The molecule has 0 unspecified atom stereocenters. The van der Waals surface area contributed by atoms with Crippen molar-refractivity contribution < 1.29 is 14.7 Å². The van der Waals surface area contributed by atoms with Crippen LogP contribution in [-0.4, -0.2) is 52.1 Å². The van der Waals surface area contributed by atoms with Crippen molar-refractivity contribution in [1.82, 2.24) is 14.9 Å². The van der Waals surface area contributed by atoms with Gasteiger partial charge in [0.15, 0.2) is 0 Å². The van der Waals surface area contributed by atoms with Crippen LogP contribution < -0.4 is 4.90 Å². The lowest BCUT2D eigenvalue weighted by atomic mass is 10.1. The summed E-state index contributed by atoms with van der Waals surface area (Å²) >= 11 is 5.97.